The van der Waals surface area contributed by atoms with Crippen LogP contribution in [-0.4, -0.2) is 42.4 Å². The molecule has 0 amide bonds. The molecule has 0 atom stereocenters. The molecule has 1 heterocycles. The van der Waals surface area contributed by atoms with Crippen LogP contribution >= 0.6 is 0 Å². The fourth-order valence-corrected chi connectivity index (χ4v) is 15.1. The molecule has 0 aromatic heterocycles. The van der Waals surface area contributed by atoms with Gasteiger partial charge < -0.3 is 0 Å². The SMILES string of the molecule is CC(C)(C)[N]1[GeH2][N](C(C)(C)C)[Si]1(C)C. The summed E-state index contributed by atoms with van der Waals surface area (Å²) >= 11 is -0.605. The van der Waals surface area contributed by atoms with Crippen molar-refractivity contribution in [3.8, 4) is 0 Å². The standard InChI is InChI=1S/C10H26GeN2Si/c1-9(2,3)12-11-13(10(4,5)6)14(12,7)8/h11H2,1-8H3. The van der Waals surface area contributed by atoms with Crippen LogP contribution in [0.3, 0.4) is 0 Å². The van der Waals surface area contributed by atoms with Crippen LogP contribution in [0.25, 0.3) is 0 Å². The number of hydrogen-bond acceptors (Lipinski definition) is 2. The second-order valence-corrected chi connectivity index (χ2v) is 16.8. The summed E-state index contributed by atoms with van der Waals surface area (Å²) in [6.45, 7) is 19.2. The molecule has 1 aliphatic heterocycles. The molecule has 2 nitrogen and oxygen atoms in total. The van der Waals surface area contributed by atoms with E-state index in [4.69, 9.17) is 0 Å². The molecule has 0 spiro atoms. The quantitative estimate of drug-likeness (QED) is 0.623. The fourth-order valence-electron chi connectivity index (χ4n) is 2.62. The Kier molecular flexibility index (Phi) is 3.04. The van der Waals surface area contributed by atoms with Gasteiger partial charge >= 0.3 is 97.0 Å². The van der Waals surface area contributed by atoms with Gasteiger partial charge in [-0.25, -0.2) is 0 Å². The van der Waals surface area contributed by atoms with Gasteiger partial charge in [-0.2, -0.15) is 0 Å². The van der Waals surface area contributed by atoms with Gasteiger partial charge in [-0.15, -0.1) is 0 Å². The Hall–Kier alpha value is 0.680. The minimum atomic E-state index is -1.23. The van der Waals surface area contributed by atoms with Gasteiger partial charge in [-0.05, 0) is 0 Å². The van der Waals surface area contributed by atoms with Gasteiger partial charge in [0.2, 0.25) is 0 Å². The molecule has 1 fully saturated rings. The van der Waals surface area contributed by atoms with E-state index in [1.54, 1.807) is 0 Å². The Bertz CT molecular complexity index is 205. The Balaban J connectivity index is 2.79. The van der Waals surface area contributed by atoms with Crippen molar-refractivity contribution in [1.82, 2.24) is 7.05 Å². The molecule has 1 aliphatic rings. The average molecular weight is 275 g/mol. The van der Waals surface area contributed by atoms with Crippen molar-refractivity contribution in [3.05, 3.63) is 0 Å². The summed E-state index contributed by atoms with van der Waals surface area (Å²) in [6.07, 6.45) is 0. The van der Waals surface area contributed by atoms with Crippen LogP contribution < -0.4 is 0 Å². The van der Waals surface area contributed by atoms with Gasteiger partial charge in [0.25, 0.3) is 0 Å². The maximum atomic E-state index is 2.87. The zero-order chi connectivity index (χ0) is 11.4. The maximum absolute atomic E-state index is 2.87. The van der Waals surface area contributed by atoms with E-state index in [0.717, 1.165) is 0 Å². The van der Waals surface area contributed by atoms with Crippen molar-refractivity contribution in [1.29, 1.82) is 0 Å². The van der Waals surface area contributed by atoms with E-state index in [1.165, 1.54) is 0 Å². The number of nitrogens with zero attached hydrogens (tertiary/aromatic N) is 2. The van der Waals surface area contributed by atoms with Crippen molar-refractivity contribution in [2.45, 2.75) is 65.7 Å². The van der Waals surface area contributed by atoms with E-state index in [0.29, 0.717) is 11.1 Å². The van der Waals surface area contributed by atoms with E-state index in [2.05, 4.69) is 61.7 Å². The van der Waals surface area contributed by atoms with E-state index < -0.39 is 24.3 Å². The van der Waals surface area contributed by atoms with Crippen LogP contribution in [-0.2, 0) is 0 Å². The normalized spacial score (nSPS) is 24.9. The zero-order valence-electron chi connectivity index (χ0n) is 11.1. The molecule has 0 N–H and O–H groups in total. The summed E-state index contributed by atoms with van der Waals surface area (Å²) in [4.78, 5) is 0. The molecule has 0 saturated carbocycles. The summed E-state index contributed by atoms with van der Waals surface area (Å²) in [5, 5.41) is 0. The van der Waals surface area contributed by atoms with Crippen molar-refractivity contribution in [2.24, 2.45) is 0 Å². The molecule has 0 aliphatic carbocycles. The van der Waals surface area contributed by atoms with Crippen molar-refractivity contribution < 1.29 is 0 Å². The molecule has 0 radical (unpaired) electrons. The predicted molar refractivity (Wildman–Crippen MR) is 69.2 cm³/mol. The first-order valence-electron chi connectivity index (χ1n) is 5.53. The van der Waals surface area contributed by atoms with Gasteiger partial charge in [0.15, 0.2) is 0 Å². The summed E-state index contributed by atoms with van der Waals surface area (Å²) < 4.78 is 5.75. The van der Waals surface area contributed by atoms with Gasteiger partial charge in [-0.1, -0.05) is 0 Å². The van der Waals surface area contributed by atoms with E-state index >= 15 is 0 Å². The molecular formula is C10H26GeN2Si. The Morgan fingerprint density at radius 1 is 0.786 bits per heavy atom. The van der Waals surface area contributed by atoms with Crippen molar-refractivity contribution in [2.75, 3.05) is 0 Å². The topological polar surface area (TPSA) is 6.48 Å². The van der Waals surface area contributed by atoms with Crippen LogP contribution in [0.1, 0.15) is 41.5 Å². The van der Waals surface area contributed by atoms with Crippen LogP contribution in [0.15, 0.2) is 0 Å². The molecule has 0 unspecified atom stereocenters. The summed E-state index contributed by atoms with van der Waals surface area (Å²) in [6, 6.07) is 0. The third-order valence-electron chi connectivity index (χ3n) is 3.22. The van der Waals surface area contributed by atoms with Gasteiger partial charge in [-0.3, -0.25) is 0 Å². The van der Waals surface area contributed by atoms with Gasteiger partial charge in [0.05, 0.1) is 0 Å². The van der Waals surface area contributed by atoms with Gasteiger partial charge in [0.1, 0.15) is 0 Å². The average Bonchev–Trinajstić information content (AvgIpc) is 1.77. The van der Waals surface area contributed by atoms with Crippen LogP contribution in [0.2, 0.25) is 13.1 Å². The van der Waals surface area contributed by atoms with E-state index in [1.807, 2.05) is 0 Å². The zero-order valence-corrected chi connectivity index (χ0v) is 15.1. The van der Waals surface area contributed by atoms with Crippen molar-refractivity contribution >= 4 is 24.3 Å². The second-order valence-electron chi connectivity index (χ2n) is 6.83. The molecular weight excluding hydrogens is 249 g/mol. The van der Waals surface area contributed by atoms with E-state index in [9.17, 15) is 0 Å². The number of hydrogen-bond donors (Lipinski definition) is 0. The molecule has 0 aromatic rings. The van der Waals surface area contributed by atoms with E-state index in [-0.39, 0.29) is 0 Å². The Morgan fingerprint density at radius 2 is 1.07 bits per heavy atom. The summed E-state index contributed by atoms with van der Waals surface area (Å²) in [5.74, 6) is 0. The van der Waals surface area contributed by atoms with Gasteiger partial charge in [0, 0.05) is 0 Å². The summed E-state index contributed by atoms with van der Waals surface area (Å²) in [5.41, 5.74) is 0.828. The second kappa shape index (κ2) is 3.34. The first-order valence-corrected chi connectivity index (χ1v) is 11.1. The monoisotopic (exact) mass is 276 g/mol. The number of rotatable bonds is 0. The fraction of sp³-hybridized carbons (Fsp3) is 1.00. The first-order chi connectivity index (χ1) is 5.97. The molecule has 14 heavy (non-hydrogen) atoms. The third-order valence-corrected chi connectivity index (χ3v) is 23.6. The predicted octanol–water partition coefficient (Wildman–Crippen LogP) is 1.90. The minimum absolute atomic E-state index is 0.414. The first kappa shape index (κ1) is 12.7. The molecule has 0 bridgehead atoms. The Labute approximate surface area is 97.1 Å². The molecule has 4 heteroatoms. The van der Waals surface area contributed by atoms with Crippen LogP contribution in [0.5, 0.6) is 0 Å². The van der Waals surface area contributed by atoms with Crippen LogP contribution in [0.4, 0.5) is 0 Å². The molecule has 1 rings (SSSR count). The molecule has 0 aromatic carbocycles. The molecule has 1 saturated heterocycles. The third kappa shape index (κ3) is 2.10. The van der Waals surface area contributed by atoms with Crippen LogP contribution in [0, 0.1) is 0 Å². The van der Waals surface area contributed by atoms with Crippen molar-refractivity contribution in [3.63, 3.8) is 0 Å². The molecule has 84 valence electrons. The Morgan fingerprint density at radius 3 is 1.21 bits per heavy atom. The summed E-state index contributed by atoms with van der Waals surface area (Å²) in [7, 11) is -1.23.